The van der Waals surface area contributed by atoms with E-state index in [9.17, 15) is 9.90 Å². The van der Waals surface area contributed by atoms with E-state index in [0.717, 1.165) is 17.5 Å². The standard InChI is InChI=1S/C17H14N2O2/c1-2-11-3-4-15-13(9-11)14(17(20)21)10-16(19-15)12-5-7-18-8-6-12/h3-10H,2H2,1H3,(H,20,21)/p-1. The van der Waals surface area contributed by atoms with Crippen molar-refractivity contribution in [2.75, 3.05) is 0 Å². The van der Waals surface area contributed by atoms with Gasteiger partial charge in [0.15, 0.2) is 0 Å². The Morgan fingerprint density at radius 2 is 1.90 bits per heavy atom. The molecule has 0 aliphatic carbocycles. The molecule has 4 nitrogen and oxygen atoms in total. The van der Waals surface area contributed by atoms with Gasteiger partial charge in [-0.1, -0.05) is 13.0 Å². The van der Waals surface area contributed by atoms with E-state index in [1.807, 2.05) is 25.1 Å². The van der Waals surface area contributed by atoms with E-state index < -0.39 is 5.97 Å². The van der Waals surface area contributed by atoms with Crippen molar-refractivity contribution in [2.24, 2.45) is 0 Å². The van der Waals surface area contributed by atoms with Crippen LogP contribution >= 0.6 is 0 Å². The molecule has 0 bridgehead atoms. The summed E-state index contributed by atoms with van der Waals surface area (Å²) >= 11 is 0. The molecule has 2 heterocycles. The third-order valence-corrected chi connectivity index (χ3v) is 3.48. The van der Waals surface area contributed by atoms with Gasteiger partial charge in [0.2, 0.25) is 0 Å². The van der Waals surface area contributed by atoms with Crippen molar-refractivity contribution in [1.29, 1.82) is 0 Å². The molecule has 0 radical (unpaired) electrons. The zero-order chi connectivity index (χ0) is 14.8. The van der Waals surface area contributed by atoms with Gasteiger partial charge >= 0.3 is 0 Å². The van der Waals surface area contributed by atoms with Gasteiger partial charge in [0.05, 0.1) is 17.2 Å². The highest BCUT2D eigenvalue weighted by Gasteiger charge is 2.09. The Hall–Kier alpha value is -2.75. The first-order chi connectivity index (χ1) is 10.2. The quantitative estimate of drug-likeness (QED) is 0.736. The summed E-state index contributed by atoms with van der Waals surface area (Å²) < 4.78 is 0. The number of hydrogen-bond acceptors (Lipinski definition) is 4. The largest absolute Gasteiger partial charge is 0.545 e. The Balaban J connectivity index is 2.29. The number of fused-ring (bicyclic) bond motifs is 1. The molecular formula is C17H13N2O2-. The number of aromatic nitrogens is 2. The van der Waals surface area contributed by atoms with E-state index in [2.05, 4.69) is 9.97 Å². The minimum absolute atomic E-state index is 0.169. The third-order valence-electron chi connectivity index (χ3n) is 3.48. The summed E-state index contributed by atoms with van der Waals surface area (Å²) in [5, 5.41) is 12.1. The summed E-state index contributed by atoms with van der Waals surface area (Å²) in [6, 6.07) is 10.8. The molecule has 21 heavy (non-hydrogen) atoms. The van der Waals surface area contributed by atoms with Crippen LogP contribution in [0.4, 0.5) is 0 Å². The van der Waals surface area contributed by atoms with Gasteiger partial charge in [-0.05, 0) is 42.3 Å². The third kappa shape index (κ3) is 2.48. The summed E-state index contributed by atoms with van der Waals surface area (Å²) in [5.74, 6) is -1.19. The number of rotatable bonds is 3. The van der Waals surface area contributed by atoms with Gasteiger partial charge in [0.1, 0.15) is 0 Å². The van der Waals surface area contributed by atoms with Crippen LogP contribution in [0.1, 0.15) is 22.8 Å². The Kier molecular flexibility index (Phi) is 3.36. The predicted molar refractivity (Wildman–Crippen MR) is 78.7 cm³/mol. The van der Waals surface area contributed by atoms with E-state index in [0.29, 0.717) is 16.6 Å². The molecule has 2 aromatic heterocycles. The van der Waals surface area contributed by atoms with Gasteiger partial charge in [-0.15, -0.1) is 0 Å². The Bertz CT molecular complexity index is 814. The highest BCUT2D eigenvalue weighted by molar-refractivity contribution is 6.03. The molecule has 0 saturated heterocycles. The molecule has 0 N–H and O–H groups in total. The van der Waals surface area contributed by atoms with Gasteiger partial charge in [0.25, 0.3) is 0 Å². The van der Waals surface area contributed by atoms with E-state index in [-0.39, 0.29) is 5.56 Å². The van der Waals surface area contributed by atoms with Gasteiger partial charge in [-0.3, -0.25) is 4.98 Å². The molecule has 0 aliphatic rings. The smallest absolute Gasteiger partial charge is 0.0722 e. The maximum absolute atomic E-state index is 11.4. The monoisotopic (exact) mass is 277 g/mol. The molecule has 0 saturated carbocycles. The fourth-order valence-electron chi connectivity index (χ4n) is 2.33. The summed E-state index contributed by atoms with van der Waals surface area (Å²) in [6.07, 6.45) is 4.15. The number of carboxylic acids is 1. The first-order valence-electron chi connectivity index (χ1n) is 6.74. The zero-order valence-electron chi connectivity index (χ0n) is 11.5. The van der Waals surface area contributed by atoms with Crippen molar-refractivity contribution < 1.29 is 9.90 Å². The lowest BCUT2D eigenvalue weighted by Gasteiger charge is -2.11. The number of aromatic carboxylic acids is 1. The lowest BCUT2D eigenvalue weighted by atomic mass is 10.0. The number of carbonyl (C=O) groups is 1. The molecule has 0 spiro atoms. The van der Waals surface area contributed by atoms with Crippen LogP contribution in [-0.2, 0) is 6.42 Å². The molecule has 104 valence electrons. The molecule has 0 unspecified atom stereocenters. The molecule has 0 aliphatic heterocycles. The van der Waals surface area contributed by atoms with Crippen molar-refractivity contribution in [3.8, 4) is 11.3 Å². The average Bonchev–Trinajstić information content (AvgIpc) is 2.54. The van der Waals surface area contributed by atoms with Crippen LogP contribution in [0.15, 0.2) is 48.8 Å². The van der Waals surface area contributed by atoms with Crippen molar-refractivity contribution in [3.05, 3.63) is 59.9 Å². The predicted octanol–water partition coefficient (Wildman–Crippen LogP) is 2.22. The van der Waals surface area contributed by atoms with E-state index in [1.54, 1.807) is 30.6 Å². The van der Waals surface area contributed by atoms with Crippen molar-refractivity contribution in [2.45, 2.75) is 13.3 Å². The lowest BCUT2D eigenvalue weighted by molar-refractivity contribution is -0.254. The number of nitrogens with zero attached hydrogens (tertiary/aromatic N) is 2. The van der Waals surface area contributed by atoms with E-state index in [1.165, 1.54) is 0 Å². The summed E-state index contributed by atoms with van der Waals surface area (Å²) in [5.41, 5.74) is 3.33. The number of carboxylic acid groups (broad SMARTS) is 1. The molecule has 3 aromatic rings. The van der Waals surface area contributed by atoms with E-state index in [4.69, 9.17) is 0 Å². The first-order valence-corrected chi connectivity index (χ1v) is 6.74. The molecule has 3 rings (SSSR count). The van der Waals surface area contributed by atoms with Gasteiger partial charge in [-0.2, -0.15) is 0 Å². The Morgan fingerprint density at radius 1 is 1.14 bits per heavy atom. The van der Waals surface area contributed by atoms with Gasteiger partial charge in [0, 0.05) is 28.9 Å². The molecular weight excluding hydrogens is 264 g/mol. The van der Waals surface area contributed by atoms with Crippen LogP contribution in [-0.4, -0.2) is 15.9 Å². The summed E-state index contributed by atoms with van der Waals surface area (Å²) in [4.78, 5) is 19.9. The second-order valence-corrected chi connectivity index (χ2v) is 4.78. The summed E-state index contributed by atoms with van der Waals surface area (Å²) in [6.45, 7) is 2.03. The molecule has 0 atom stereocenters. The zero-order valence-corrected chi connectivity index (χ0v) is 11.5. The highest BCUT2D eigenvalue weighted by Crippen LogP contribution is 2.25. The fourth-order valence-corrected chi connectivity index (χ4v) is 2.33. The van der Waals surface area contributed by atoms with Gasteiger partial charge in [-0.25, -0.2) is 4.98 Å². The second kappa shape index (κ2) is 5.32. The molecule has 0 fully saturated rings. The number of benzene rings is 1. The van der Waals surface area contributed by atoms with Gasteiger partial charge < -0.3 is 9.90 Å². The van der Waals surface area contributed by atoms with Crippen LogP contribution in [0.25, 0.3) is 22.2 Å². The van der Waals surface area contributed by atoms with Crippen molar-refractivity contribution in [3.63, 3.8) is 0 Å². The normalized spacial score (nSPS) is 10.7. The number of aryl methyl sites for hydroxylation is 1. The highest BCUT2D eigenvalue weighted by atomic mass is 16.4. The number of hydrogen-bond donors (Lipinski definition) is 0. The first kappa shape index (κ1) is 13.2. The summed E-state index contributed by atoms with van der Waals surface area (Å²) in [7, 11) is 0. The van der Waals surface area contributed by atoms with E-state index >= 15 is 0 Å². The molecule has 1 aromatic carbocycles. The van der Waals surface area contributed by atoms with Crippen LogP contribution in [0.5, 0.6) is 0 Å². The van der Waals surface area contributed by atoms with Crippen LogP contribution in [0, 0.1) is 0 Å². The Labute approximate surface area is 122 Å². The van der Waals surface area contributed by atoms with Crippen LogP contribution in [0.2, 0.25) is 0 Å². The molecule has 4 heteroatoms. The maximum atomic E-state index is 11.4. The second-order valence-electron chi connectivity index (χ2n) is 4.78. The molecule has 0 amide bonds. The SMILES string of the molecule is CCc1ccc2nc(-c3ccncc3)cc(C(=O)[O-])c2c1. The average molecular weight is 277 g/mol. The maximum Gasteiger partial charge on any atom is 0.0722 e. The number of pyridine rings is 2. The van der Waals surface area contributed by atoms with Crippen LogP contribution in [0.3, 0.4) is 0 Å². The van der Waals surface area contributed by atoms with Crippen LogP contribution < -0.4 is 5.11 Å². The Morgan fingerprint density at radius 3 is 2.57 bits per heavy atom. The minimum atomic E-state index is -1.19. The number of carbonyl (C=O) groups excluding carboxylic acids is 1. The van der Waals surface area contributed by atoms with Crippen molar-refractivity contribution in [1.82, 2.24) is 9.97 Å². The lowest BCUT2D eigenvalue weighted by Crippen LogP contribution is -2.22. The minimum Gasteiger partial charge on any atom is -0.545 e. The van der Waals surface area contributed by atoms with Crippen molar-refractivity contribution >= 4 is 16.9 Å². The topological polar surface area (TPSA) is 65.9 Å². The fraction of sp³-hybridized carbons (Fsp3) is 0.118.